The third-order valence-electron chi connectivity index (χ3n) is 6.77. The van der Waals surface area contributed by atoms with Crippen molar-refractivity contribution in [2.24, 2.45) is 0 Å². The Kier molecular flexibility index (Phi) is 7.45. The summed E-state index contributed by atoms with van der Waals surface area (Å²) in [5, 5.41) is 3.94. The van der Waals surface area contributed by atoms with E-state index in [0.717, 1.165) is 46.1 Å². The summed E-state index contributed by atoms with van der Waals surface area (Å²) in [6.07, 6.45) is 7.45. The standard InChI is InChI=1S/C31H31N5O2/c1-21-11-12-22(2)26(15-21)29-19-33-28(10-6-9-23-7-4-3-5-8-23)31(38)36(29)20-30(37)34-18-25-16-24-17-32-14-13-27(24)35-25/h3-5,7-8,11-17,19,35H,6,9-10,18,20H2,1-2H3,(H,34,37). The zero-order valence-corrected chi connectivity index (χ0v) is 21.7. The summed E-state index contributed by atoms with van der Waals surface area (Å²) < 4.78 is 1.57. The molecule has 3 heterocycles. The van der Waals surface area contributed by atoms with E-state index in [-0.39, 0.29) is 18.0 Å². The number of aromatic amines is 1. The minimum Gasteiger partial charge on any atom is -0.357 e. The normalized spacial score (nSPS) is 11.1. The van der Waals surface area contributed by atoms with E-state index in [9.17, 15) is 9.59 Å². The van der Waals surface area contributed by atoms with Gasteiger partial charge in [0.1, 0.15) is 12.2 Å². The third-order valence-corrected chi connectivity index (χ3v) is 6.77. The van der Waals surface area contributed by atoms with Gasteiger partial charge in [0.25, 0.3) is 5.56 Å². The zero-order valence-electron chi connectivity index (χ0n) is 21.7. The van der Waals surface area contributed by atoms with Gasteiger partial charge in [-0.3, -0.25) is 24.1 Å². The highest BCUT2D eigenvalue weighted by molar-refractivity contribution is 5.80. The fraction of sp³-hybridized carbons (Fsp3) is 0.226. The molecule has 192 valence electrons. The minimum atomic E-state index is -0.239. The van der Waals surface area contributed by atoms with Gasteiger partial charge in [0.2, 0.25) is 5.91 Å². The van der Waals surface area contributed by atoms with Crippen molar-refractivity contribution in [1.29, 1.82) is 0 Å². The van der Waals surface area contributed by atoms with E-state index in [1.165, 1.54) is 5.56 Å². The van der Waals surface area contributed by atoms with Gasteiger partial charge in [-0.2, -0.15) is 0 Å². The van der Waals surface area contributed by atoms with Crippen molar-refractivity contribution in [2.45, 2.75) is 46.2 Å². The fourth-order valence-electron chi connectivity index (χ4n) is 4.71. The van der Waals surface area contributed by atoms with Gasteiger partial charge >= 0.3 is 0 Å². The molecule has 0 fully saturated rings. The van der Waals surface area contributed by atoms with Crippen molar-refractivity contribution in [3.8, 4) is 11.3 Å². The Morgan fingerprint density at radius 2 is 1.84 bits per heavy atom. The number of carbonyl (C=O) groups is 1. The molecule has 0 unspecified atom stereocenters. The molecule has 0 saturated heterocycles. The van der Waals surface area contributed by atoms with Crippen molar-refractivity contribution < 1.29 is 4.79 Å². The summed E-state index contributed by atoms with van der Waals surface area (Å²) in [6, 6.07) is 20.2. The molecule has 7 heteroatoms. The molecule has 2 aromatic carbocycles. The summed E-state index contributed by atoms with van der Waals surface area (Å²) in [6.45, 7) is 4.26. The second kappa shape index (κ2) is 11.3. The number of H-pyrrole nitrogens is 1. The van der Waals surface area contributed by atoms with E-state index >= 15 is 0 Å². The molecule has 0 bridgehead atoms. The topological polar surface area (TPSA) is 92.7 Å². The van der Waals surface area contributed by atoms with E-state index in [1.807, 2.05) is 62.4 Å². The Balaban J connectivity index is 1.38. The number of aromatic nitrogens is 4. The van der Waals surface area contributed by atoms with E-state index in [1.54, 1.807) is 23.2 Å². The fourth-order valence-corrected chi connectivity index (χ4v) is 4.71. The van der Waals surface area contributed by atoms with Crippen LogP contribution in [0.4, 0.5) is 0 Å². The number of amides is 1. The summed E-state index contributed by atoms with van der Waals surface area (Å²) in [7, 11) is 0. The van der Waals surface area contributed by atoms with Crippen LogP contribution in [0, 0.1) is 13.8 Å². The second-order valence-electron chi connectivity index (χ2n) is 9.67. The van der Waals surface area contributed by atoms with Gasteiger partial charge < -0.3 is 10.3 Å². The lowest BCUT2D eigenvalue weighted by Gasteiger charge is -2.16. The second-order valence-corrected chi connectivity index (χ2v) is 9.67. The molecule has 0 radical (unpaired) electrons. The van der Waals surface area contributed by atoms with E-state index in [4.69, 9.17) is 0 Å². The Hall–Kier alpha value is -4.52. The Morgan fingerprint density at radius 1 is 1.00 bits per heavy atom. The Morgan fingerprint density at radius 3 is 2.66 bits per heavy atom. The monoisotopic (exact) mass is 505 g/mol. The van der Waals surface area contributed by atoms with E-state index < -0.39 is 0 Å². The van der Waals surface area contributed by atoms with Crippen LogP contribution in [0.1, 0.15) is 34.5 Å². The maximum atomic E-state index is 13.6. The van der Waals surface area contributed by atoms with Gasteiger partial charge in [-0.05, 0) is 62.4 Å². The predicted octanol–water partition coefficient (Wildman–Crippen LogP) is 4.90. The maximum absolute atomic E-state index is 13.6. The van der Waals surface area contributed by atoms with Crippen LogP contribution in [0.5, 0.6) is 0 Å². The van der Waals surface area contributed by atoms with Gasteiger partial charge in [-0.15, -0.1) is 0 Å². The number of hydrogen-bond acceptors (Lipinski definition) is 4. The minimum absolute atomic E-state index is 0.0858. The van der Waals surface area contributed by atoms with Gasteiger partial charge in [0, 0.05) is 34.6 Å². The lowest BCUT2D eigenvalue weighted by molar-refractivity contribution is -0.121. The molecular formula is C31H31N5O2. The van der Waals surface area contributed by atoms with Crippen LogP contribution in [0.15, 0.2) is 84.0 Å². The number of nitrogens with one attached hydrogen (secondary N) is 2. The van der Waals surface area contributed by atoms with E-state index in [0.29, 0.717) is 24.4 Å². The number of rotatable bonds is 9. The molecule has 0 saturated carbocycles. The van der Waals surface area contributed by atoms with Crippen molar-refractivity contribution in [3.63, 3.8) is 0 Å². The summed E-state index contributed by atoms with van der Waals surface area (Å²) in [5.41, 5.74) is 6.98. The third kappa shape index (κ3) is 5.72. The zero-order chi connectivity index (χ0) is 26.5. The van der Waals surface area contributed by atoms with Gasteiger partial charge in [-0.25, -0.2) is 0 Å². The maximum Gasteiger partial charge on any atom is 0.273 e. The van der Waals surface area contributed by atoms with Gasteiger partial charge in [0.05, 0.1) is 18.4 Å². The van der Waals surface area contributed by atoms with Crippen LogP contribution in [0.3, 0.4) is 0 Å². The largest absolute Gasteiger partial charge is 0.357 e. The van der Waals surface area contributed by atoms with Crippen molar-refractivity contribution in [1.82, 2.24) is 24.8 Å². The number of aryl methyl sites for hydroxylation is 4. The summed E-state index contributed by atoms with van der Waals surface area (Å²) in [5.74, 6) is -0.239. The summed E-state index contributed by atoms with van der Waals surface area (Å²) in [4.78, 5) is 38.7. The van der Waals surface area contributed by atoms with Gasteiger partial charge in [0.15, 0.2) is 0 Å². The molecule has 2 N–H and O–H groups in total. The highest BCUT2D eigenvalue weighted by Gasteiger charge is 2.17. The van der Waals surface area contributed by atoms with Crippen LogP contribution >= 0.6 is 0 Å². The lowest BCUT2D eigenvalue weighted by Crippen LogP contribution is -2.34. The van der Waals surface area contributed by atoms with Crippen molar-refractivity contribution in [3.05, 3.63) is 118 Å². The first-order chi connectivity index (χ1) is 18.5. The molecule has 0 atom stereocenters. The SMILES string of the molecule is Cc1ccc(C)c(-c2cnc(CCCc3ccccc3)c(=O)n2CC(=O)NCc2cc3cnccc3[nH]2)c1. The average Bonchev–Trinajstić information content (AvgIpc) is 3.35. The quantitative estimate of drug-likeness (QED) is 0.298. The molecule has 5 aromatic rings. The first-order valence-electron chi connectivity index (χ1n) is 12.9. The molecule has 1 amide bonds. The molecule has 7 nitrogen and oxygen atoms in total. The smallest absolute Gasteiger partial charge is 0.273 e. The van der Waals surface area contributed by atoms with Crippen LogP contribution in [-0.4, -0.2) is 25.4 Å². The molecule has 0 aliphatic rings. The van der Waals surface area contributed by atoms with E-state index in [2.05, 4.69) is 32.4 Å². The molecule has 38 heavy (non-hydrogen) atoms. The predicted molar refractivity (Wildman–Crippen MR) is 150 cm³/mol. The molecule has 0 aliphatic heterocycles. The molecular weight excluding hydrogens is 474 g/mol. The number of pyridine rings is 1. The Bertz CT molecular complexity index is 1600. The first-order valence-corrected chi connectivity index (χ1v) is 12.9. The summed E-state index contributed by atoms with van der Waals surface area (Å²) >= 11 is 0. The van der Waals surface area contributed by atoms with Crippen LogP contribution < -0.4 is 10.9 Å². The van der Waals surface area contributed by atoms with Crippen molar-refractivity contribution in [2.75, 3.05) is 0 Å². The highest BCUT2D eigenvalue weighted by Crippen LogP contribution is 2.23. The molecule has 3 aromatic heterocycles. The molecule has 5 rings (SSSR count). The number of carbonyl (C=O) groups excluding carboxylic acids is 1. The van der Waals surface area contributed by atoms with Crippen LogP contribution in [-0.2, 0) is 30.7 Å². The Labute approximate surface area is 221 Å². The number of hydrogen-bond donors (Lipinski definition) is 2. The first kappa shape index (κ1) is 25.1. The average molecular weight is 506 g/mol. The lowest BCUT2D eigenvalue weighted by atomic mass is 10.0. The molecule has 0 spiro atoms. The number of nitrogens with zero attached hydrogens (tertiary/aromatic N) is 3. The number of fused-ring (bicyclic) bond motifs is 1. The van der Waals surface area contributed by atoms with Gasteiger partial charge in [-0.1, -0.05) is 48.0 Å². The van der Waals surface area contributed by atoms with Crippen LogP contribution in [0.25, 0.3) is 22.2 Å². The molecule has 0 aliphatic carbocycles. The highest BCUT2D eigenvalue weighted by atomic mass is 16.2. The number of benzene rings is 2. The van der Waals surface area contributed by atoms with Crippen molar-refractivity contribution >= 4 is 16.8 Å². The van der Waals surface area contributed by atoms with Crippen LogP contribution in [0.2, 0.25) is 0 Å².